The highest BCUT2D eigenvalue weighted by Gasteiger charge is 2.37. The van der Waals surface area contributed by atoms with Crippen molar-refractivity contribution in [2.75, 3.05) is 40.4 Å². The van der Waals surface area contributed by atoms with Crippen molar-refractivity contribution in [2.45, 2.75) is 203 Å². The lowest BCUT2D eigenvalue weighted by Crippen LogP contribution is -2.35. The summed E-state index contributed by atoms with van der Waals surface area (Å²) < 4.78 is 74.5. The lowest BCUT2D eigenvalue weighted by molar-refractivity contribution is -0.140. The van der Waals surface area contributed by atoms with Gasteiger partial charge in [0.15, 0.2) is 22.6 Å². The van der Waals surface area contributed by atoms with E-state index in [9.17, 15) is 36.7 Å². The Morgan fingerprint density at radius 3 is 1.40 bits per heavy atom. The maximum absolute atomic E-state index is 14.7. The highest BCUT2D eigenvalue weighted by molar-refractivity contribution is 9.10. The maximum atomic E-state index is 14.7. The van der Waals surface area contributed by atoms with Gasteiger partial charge in [0.05, 0.1) is 67.1 Å². The molecule has 0 saturated heterocycles. The van der Waals surface area contributed by atoms with E-state index in [1.165, 1.54) is 30.6 Å². The van der Waals surface area contributed by atoms with Gasteiger partial charge in [-0.3, -0.25) is 19.2 Å². The normalized spacial score (nSPS) is 13.1. The van der Waals surface area contributed by atoms with Crippen LogP contribution in [-0.2, 0) is 45.4 Å². The summed E-state index contributed by atoms with van der Waals surface area (Å²) in [5.41, 5.74) is 6.39. The number of nitrogens with zero attached hydrogens (tertiary/aromatic N) is 16. The fourth-order valence-electron chi connectivity index (χ4n) is 15.6. The van der Waals surface area contributed by atoms with Crippen LogP contribution < -0.4 is 9.47 Å². The summed E-state index contributed by atoms with van der Waals surface area (Å²) in [5, 5.41) is 0.826. The molecular weight excluding hydrogens is 1650 g/mol. The summed E-state index contributed by atoms with van der Waals surface area (Å²) >= 11 is 15.7. The van der Waals surface area contributed by atoms with Crippen LogP contribution in [0.4, 0.5) is 17.6 Å². The van der Waals surface area contributed by atoms with Gasteiger partial charge < -0.3 is 47.3 Å². The number of hydrogen-bond acceptors (Lipinski definition) is 14. The first-order valence-electron chi connectivity index (χ1n) is 41.9. The van der Waals surface area contributed by atoms with Gasteiger partial charge in [-0.15, -0.1) is 0 Å². The summed E-state index contributed by atoms with van der Waals surface area (Å²) in [6, 6.07) is 36.7. The molecule has 0 atom stereocenters. The average molecular weight is 1760 g/mol. The number of aromatic nitrogens is 12. The van der Waals surface area contributed by atoms with Crippen LogP contribution >= 0.6 is 39.1 Å². The third-order valence-electron chi connectivity index (χ3n) is 21.3. The molecule has 4 aromatic carbocycles. The molecule has 2 fully saturated rings. The minimum Gasteiger partial charge on any atom is -0.497 e. The van der Waals surface area contributed by atoms with Crippen molar-refractivity contribution in [1.29, 1.82) is 0 Å². The minimum absolute atomic E-state index is 0.0350. The molecule has 0 spiro atoms. The number of carbonyl (C=O) groups excluding carboxylic acids is 4. The Hall–Kier alpha value is -10.4. The van der Waals surface area contributed by atoms with E-state index in [-0.39, 0.29) is 36.7 Å². The summed E-state index contributed by atoms with van der Waals surface area (Å²) in [7, 11) is 3.17. The minimum atomic E-state index is -4.89. The number of fused-ring (bicyclic) bond motifs is 4. The Morgan fingerprint density at radius 1 is 0.488 bits per heavy atom. The SMILES string of the molecule is CC(C)CN(Cc1nc2cccnc2n1C1CCCC1)C(=O)c1ccc(Cl)c(Cl)c1.CCCCN(Cc1nc2cccnc2n1CCC)C(=O)c1cccc(Br)c1.CCCn1c(CN(CCC(C)C)C(=O)c2cccc(C(F)(F)F)c2F)nc2cccnc21.COc1ccc(C(=O)N(Cc2nc3cccnc3n2C2CCCC2)CC(C)C)c(OC)c1. The molecule has 0 bridgehead atoms. The van der Waals surface area contributed by atoms with Crippen LogP contribution in [0.1, 0.15) is 228 Å². The van der Waals surface area contributed by atoms with Crippen molar-refractivity contribution < 1.29 is 46.2 Å². The molecule has 0 aliphatic heterocycles. The second kappa shape index (κ2) is 42.9. The van der Waals surface area contributed by atoms with E-state index < -0.39 is 29.0 Å². The van der Waals surface area contributed by atoms with Crippen LogP contribution in [0.3, 0.4) is 0 Å². The van der Waals surface area contributed by atoms with Gasteiger partial charge in [-0.05, 0) is 178 Å². The van der Waals surface area contributed by atoms with Crippen LogP contribution in [0.2, 0.25) is 10.0 Å². The van der Waals surface area contributed by atoms with E-state index in [1.807, 2.05) is 119 Å². The second-order valence-electron chi connectivity index (χ2n) is 31.9. The van der Waals surface area contributed by atoms with E-state index in [0.717, 1.165) is 125 Å². The molecule has 22 nitrogen and oxygen atoms in total. The molecule has 2 aliphatic carbocycles. The van der Waals surface area contributed by atoms with Crippen LogP contribution in [0.25, 0.3) is 44.7 Å². The maximum Gasteiger partial charge on any atom is 0.419 e. The fraction of sp³-hybridized carbons (Fsp3) is 0.435. The Morgan fingerprint density at radius 2 is 0.942 bits per heavy atom. The van der Waals surface area contributed by atoms with Gasteiger partial charge in [0.25, 0.3) is 23.6 Å². The standard InChI is InChI=1S/C25H32N4O3.C23H26Cl2N4O.C23H26F4N4O.C21H25BrN4O/c1-17(2)15-28(25(30)20-12-11-19(31-3)14-22(20)32-4)16-23-27-21-10-7-13-26-24(21)29(23)18-8-5-6-9-18;1-15(2)13-28(23(30)16-9-10-18(24)19(25)12-16)14-21-27-20-8-5-11-26-22(20)29(21)17-6-3-4-7-17;1-4-12-31-19(29-18-9-6-11-28-21(18)31)14-30(13-10-15(2)3)22(32)16-7-5-8-17(20(16)24)23(25,26)27;1-3-5-13-25(21(27)16-8-6-9-17(22)14-16)15-19-24-18-10-7-11-23-20(18)26(19)12-4-2/h7,10-14,17-18H,5-6,8-9,15-16H2,1-4H3;5,8-12,15,17H,3-4,6-7,13-14H2,1-2H3;5-9,11,15H,4,10,12-14H2,1-3H3;6-11,14H,3-5,12-13,15H2,1-2H3. The van der Waals surface area contributed by atoms with Crippen LogP contribution in [0.15, 0.2) is 157 Å². The summed E-state index contributed by atoms with van der Waals surface area (Å²) in [6.45, 7) is 23.7. The molecule has 12 aromatic rings. The Kier molecular flexibility index (Phi) is 32.4. The third-order valence-corrected chi connectivity index (χ3v) is 22.5. The van der Waals surface area contributed by atoms with E-state index in [4.69, 9.17) is 47.6 Å². The van der Waals surface area contributed by atoms with Crippen LogP contribution in [-0.4, -0.2) is 142 Å². The van der Waals surface area contributed by atoms with E-state index in [2.05, 4.69) is 96.1 Å². The highest BCUT2D eigenvalue weighted by Crippen LogP contribution is 2.38. The predicted molar refractivity (Wildman–Crippen MR) is 470 cm³/mol. The topological polar surface area (TPSA) is 223 Å². The number of amides is 4. The summed E-state index contributed by atoms with van der Waals surface area (Å²) in [5.74, 6) is 2.83. The van der Waals surface area contributed by atoms with Gasteiger partial charge in [-0.1, -0.05) is 146 Å². The molecule has 2 aliphatic rings. The van der Waals surface area contributed by atoms with Crippen molar-refractivity contribution >= 4 is 107 Å². The van der Waals surface area contributed by atoms with Gasteiger partial charge in [-0.25, -0.2) is 44.3 Å². The average Bonchev–Trinajstić information content (AvgIpc) is 1.24. The second-order valence-corrected chi connectivity index (χ2v) is 33.7. The van der Waals surface area contributed by atoms with Gasteiger partial charge in [0.1, 0.15) is 62.7 Å². The molecule has 121 heavy (non-hydrogen) atoms. The fourth-order valence-corrected chi connectivity index (χ4v) is 16.3. The number of ether oxygens (including phenoxy) is 2. The number of imidazole rings is 4. The first-order valence-corrected chi connectivity index (χ1v) is 43.5. The third kappa shape index (κ3) is 23.1. The Balaban J connectivity index is 0.000000158. The number of pyridine rings is 4. The molecule has 8 aromatic heterocycles. The molecule has 0 radical (unpaired) electrons. The zero-order valence-corrected chi connectivity index (χ0v) is 73.9. The molecule has 14 rings (SSSR count). The quantitative estimate of drug-likeness (QED) is 0.0382. The smallest absolute Gasteiger partial charge is 0.419 e. The van der Waals surface area contributed by atoms with Crippen molar-refractivity contribution in [2.24, 2.45) is 17.8 Å². The highest BCUT2D eigenvalue weighted by atomic mass is 79.9. The predicted octanol–water partition coefficient (Wildman–Crippen LogP) is 21.7. The van der Waals surface area contributed by atoms with Crippen LogP contribution in [0, 0.1) is 23.6 Å². The number of benzene rings is 4. The molecule has 0 unspecified atom stereocenters. The van der Waals surface area contributed by atoms with Crippen molar-refractivity contribution in [1.82, 2.24) is 77.7 Å². The first kappa shape index (κ1) is 91.4. The summed E-state index contributed by atoms with van der Waals surface area (Å²) in [4.78, 5) is 97.6. The largest absolute Gasteiger partial charge is 0.497 e. The van der Waals surface area contributed by atoms with Gasteiger partial charge in [0, 0.05) is 97.8 Å². The van der Waals surface area contributed by atoms with Gasteiger partial charge in [-0.2, -0.15) is 13.2 Å². The number of halogens is 7. The molecule has 29 heteroatoms. The van der Waals surface area contributed by atoms with Crippen molar-refractivity contribution in [3.05, 3.63) is 224 Å². The van der Waals surface area contributed by atoms with Gasteiger partial charge >= 0.3 is 6.18 Å². The first-order chi connectivity index (χ1) is 58.2. The lowest BCUT2D eigenvalue weighted by atomic mass is 10.1. The summed E-state index contributed by atoms with van der Waals surface area (Å²) in [6.07, 6.45) is 16.0. The number of unbranched alkanes of at least 4 members (excludes halogenated alkanes) is 1. The monoisotopic (exact) mass is 1760 g/mol. The van der Waals surface area contributed by atoms with E-state index in [0.29, 0.717) is 137 Å². The van der Waals surface area contributed by atoms with Crippen molar-refractivity contribution in [3.63, 3.8) is 0 Å². The number of methoxy groups -OCH3 is 2. The Labute approximate surface area is 723 Å². The van der Waals surface area contributed by atoms with Gasteiger partial charge in [0.2, 0.25) is 0 Å². The number of alkyl halides is 3. The zero-order valence-electron chi connectivity index (χ0n) is 70.8. The molecule has 8 heterocycles. The number of carbonyl (C=O) groups is 4. The molecule has 642 valence electrons. The number of rotatable bonds is 30. The van der Waals surface area contributed by atoms with Crippen LogP contribution in [0.5, 0.6) is 11.5 Å². The molecule has 2 saturated carbocycles. The molecular formula is C92H109BrCl2F4N16O6. The zero-order chi connectivity index (χ0) is 86.6. The molecule has 0 N–H and O–H groups in total. The lowest BCUT2D eigenvalue weighted by Gasteiger charge is -2.26. The number of aryl methyl sites for hydroxylation is 2. The van der Waals surface area contributed by atoms with E-state index >= 15 is 0 Å². The molecule has 4 amide bonds. The Bertz CT molecular complexity index is 5500. The van der Waals surface area contributed by atoms with Crippen molar-refractivity contribution in [3.8, 4) is 11.5 Å². The van der Waals surface area contributed by atoms with E-state index in [1.54, 1.807) is 69.1 Å². The number of hydrogen-bond donors (Lipinski definition) is 0.